The number of nitrogens with one attached hydrogen (secondary N) is 1. The normalized spacial score (nSPS) is 23.1. The predicted octanol–water partition coefficient (Wildman–Crippen LogP) is 6.06. The summed E-state index contributed by atoms with van der Waals surface area (Å²) in [6, 6.07) is 8.27. The van der Waals surface area contributed by atoms with Gasteiger partial charge in [0.25, 0.3) is 5.91 Å². The lowest BCUT2D eigenvalue weighted by atomic mass is 9.97. The van der Waals surface area contributed by atoms with Crippen molar-refractivity contribution in [1.29, 1.82) is 0 Å². The number of imidazole rings is 1. The summed E-state index contributed by atoms with van der Waals surface area (Å²) >= 11 is 0. The van der Waals surface area contributed by atoms with Gasteiger partial charge >= 0.3 is 0 Å². The van der Waals surface area contributed by atoms with Crippen LogP contribution in [0.3, 0.4) is 0 Å². The van der Waals surface area contributed by atoms with E-state index in [-0.39, 0.29) is 5.91 Å². The summed E-state index contributed by atoms with van der Waals surface area (Å²) < 4.78 is 9.74. The average Bonchev–Trinajstić information content (AvgIpc) is 3.45. The van der Waals surface area contributed by atoms with E-state index >= 15 is 0 Å². The fraction of sp³-hybridized carbons (Fsp3) is 0.531. The number of carbonyl (C=O) groups excluding carboxylic acids is 1. The Bertz CT molecular complexity index is 1480. The van der Waals surface area contributed by atoms with E-state index in [1.807, 2.05) is 19.1 Å². The molecule has 1 N–H and O–H groups in total. The quantitative estimate of drug-likeness (QED) is 0.390. The first-order valence-electron chi connectivity index (χ1n) is 14.5. The van der Waals surface area contributed by atoms with Crippen molar-refractivity contribution in [3.05, 3.63) is 58.1 Å². The molecule has 1 aliphatic carbocycles. The number of anilines is 1. The van der Waals surface area contributed by atoms with Crippen molar-refractivity contribution in [3.63, 3.8) is 0 Å². The molecule has 2 aromatic heterocycles. The maximum Gasteiger partial charge on any atom is 0.258 e. The number of pyridine rings is 1. The second kappa shape index (κ2) is 9.77. The number of hydrogen-bond acceptors (Lipinski definition) is 4. The minimum Gasteiger partial charge on any atom is -0.497 e. The molecular weight excluding hydrogens is 486 g/mol. The number of aromatic nitrogens is 3. The Morgan fingerprint density at radius 3 is 2.67 bits per heavy atom. The molecule has 3 aliphatic rings. The van der Waals surface area contributed by atoms with Gasteiger partial charge in [-0.2, -0.15) is 0 Å². The second-order valence-electron chi connectivity index (χ2n) is 13.1. The van der Waals surface area contributed by atoms with Gasteiger partial charge in [0.15, 0.2) is 0 Å². The zero-order valence-corrected chi connectivity index (χ0v) is 24.3. The molecular formula is C32H42N5O2+. The maximum absolute atomic E-state index is 13.8. The molecule has 4 heterocycles. The zero-order valence-electron chi connectivity index (χ0n) is 24.3. The van der Waals surface area contributed by atoms with Gasteiger partial charge in [0.1, 0.15) is 12.3 Å². The van der Waals surface area contributed by atoms with E-state index in [2.05, 4.69) is 56.9 Å². The predicted molar refractivity (Wildman–Crippen MR) is 156 cm³/mol. The van der Waals surface area contributed by atoms with Crippen LogP contribution in [0.15, 0.2) is 30.0 Å². The summed E-state index contributed by atoms with van der Waals surface area (Å²) in [5, 5.41) is 3.20. The third kappa shape index (κ3) is 5.09. The number of benzene rings is 1. The Morgan fingerprint density at radius 1 is 1.08 bits per heavy atom. The van der Waals surface area contributed by atoms with E-state index in [1.54, 1.807) is 0 Å². The Labute approximate surface area is 231 Å². The highest BCUT2D eigenvalue weighted by molar-refractivity contribution is 6.04. The second-order valence-corrected chi connectivity index (χ2v) is 13.1. The average molecular weight is 529 g/mol. The Kier molecular flexibility index (Phi) is 6.53. The molecule has 1 aromatic carbocycles. The van der Waals surface area contributed by atoms with Gasteiger partial charge in [-0.05, 0) is 86.3 Å². The number of aryl methyl sites for hydroxylation is 2. The fourth-order valence-corrected chi connectivity index (χ4v) is 6.83. The molecule has 1 fully saturated rings. The standard InChI is InChI=1S/C32H41N5O2/c1-19(2)25-15-29-28(11-20(25)3)34-32-35-31(38)24-12-21(4)33-27(14-24)26-17-37(5,6)10-9-30(26)39-18-23-8-7-22(13-23)16-36(29)32/h11-12,14-15,19,22-23H,7-10,13,16-18H2,1-6H3/p+1. The Morgan fingerprint density at radius 2 is 1.87 bits per heavy atom. The van der Waals surface area contributed by atoms with Gasteiger partial charge in [0.2, 0.25) is 5.95 Å². The summed E-state index contributed by atoms with van der Waals surface area (Å²) in [7, 11) is 4.50. The minimum atomic E-state index is -0.147. The molecule has 2 atom stereocenters. The van der Waals surface area contributed by atoms with Crippen LogP contribution in [-0.2, 0) is 11.3 Å². The van der Waals surface area contributed by atoms with Gasteiger partial charge in [0, 0.05) is 17.8 Å². The largest absolute Gasteiger partial charge is 0.497 e. The van der Waals surface area contributed by atoms with Crippen molar-refractivity contribution >= 4 is 28.5 Å². The van der Waals surface area contributed by atoms with Crippen LogP contribution in [0.1, 0.15) is 78.3 Å². The number of quaternary nitrogens is 1. The van der Waals surface area contributed by atoms with Crippen LogP contribution in [0.4, 0.5) is 5.95 Å². The maximum atomic E-state index is 13.8. The molecule has 7 heteroatoms. The highest BCUT2D eigenvalue weighted by Crippen LogP contribution is 2.37. The molecule has 206 valence electrons. The van der Waals surface area contributed by atoms with E-state index < -0.39 is 0 Å². The molecule has 4 bridgehead atoms. The summed E-state index contributed by atoms with van der Waals surface area (Å²) in [6.45, 7) is 12.1. The van der Waals surface area contributed by atoms with Gasteiger partial charge in [-0.3, -0.25) is 15.1 Å². The molecule has 39 heavy (non-hydrogen) atoms. The summed E-state index contributed by atoms with van der Waals surface area (Å²) in [5.74, 6) is 3.04. The molecule has 1 saturated carbocycles. The molecule has 6 rings (SSSR count). The van der Waals surface area contributed by atoms with Gasteiger partial charge in [-0.15, -0.1) is 0 Å². The first-order chi connectivity index (χ1) is 18.6. The first kappa shape index (κ1) is 26.1. The lowest BCUT2D eigenvalue weighted by Crippen LogP contribution is -2.45. The highest BCUT2D eigenvalue weighted by atomic mass is 16.5. The summed E-state index contributed by atoms with van der Waals surface area (Å²) in [4.78, 5) is 23.6. The Balaban J connectivity index is 1.48. The number of hydrogen-bond donors (Lipinski definition) is 1. The first-order valence-corrected chi connectivity index (χ1v) is 14.5. The number of carbonyl (C=O) groups is 1. The van der Waals surface area contributed by atoms with Gasteiger partial charge in [-0.1, -0.05) is 13.8 Å². The van der Waals surface area contributed by atoms with E-state index in [1.165, 1.54) is 24.0 Å². The van der Waals surface area contributed by atoms with Crippen LogP contribution in [0, 0.1) is 25.7 Å². The SMILES string of the molecule is Cc1cc2cc(n1)C1=C(CC[N+](C)(C)C1)OCC1CCC(C1)Cn1c(nc3cc(C)c(C(C)C)cc31)NC2=O. The van der Waals surface area contributed by atoms with E-state index in [9.17, 15) is 4.79 Å². The minimum absolute atomic E-state index is 0.147. The van der Waals surface area contributed by atoms with Gasteiger partial charge < -0.3 is 13.8 Å². The lowest BCUT2D eigenvalue weighted by Gasteiger charge is -2.36. The topological polar surface area (TPSA) is 69.0 Å². The van der Waals surface area contributed by atoms with E-state index in [0.717, 1.165) is 77.3 Å². The van der Waals surface area contributed by atoms with Crippen molar-refractivity contribution in [2.75, 3.05) is 39.1 Å². The van der Waals surface area contributed by atoms with Crippen LogP contribution in [0.2, 0.25) is 0 Å². The smallest absolute Gasteiger partial charge is 0.258 e. The van der Waals surface area contributed by atoms with Crippen molar-refractivity contribution in [2.45, 2.75) is 65.8 Å². The third-order valence-corrected chi connectivity index (χ3v) is 8.96. The van der Waals surface area contributed by atoms with Crippen molar-refractivity contribution in [1.82, 2.24) is 14.5 Å². The number of nitrogens with zero attached hydrogens (tertiary/aromatic N) is 4. The van der Waals surface area contributed by atoms with Crippen LogP contribution in [0.5, 0.6) is 0 Å². The van der Waals surface area contributed by atoms with Gasteiger partial charge in [-0.25, -0.2) is 4.98 Å². The molecule has 0 spiro atoms. The molecule has 2 aliphatic heterocycles. The van der Waals surface area contributed by atoms with Gasteiger partial charge in [0.05, 0.1) is 56.0 Å². The number of fused-ring (bicyclic) bond motifs is 8. The van der Waals surface area contributed by atoms with Crippen molar-refractivity contribution in [2.24, 2.45) is 11.8 Å². The van der Waals surface area contributed by atoms with Crippen LogP contribution < -0.4 is 5.32 Å². The molecule has 0 saturated heterocycles. The lowest BCUT2D eigenvalue weighted by molar-refractivity contribution is -0.884. The summed E-state index contributed by atoms with van der Waals surface area (Å²) in [6.07, 6.45) is 4.37. The highest BCUT2D eigenvalue weighted by Gasteiger charge is 2.32. The molecule has 2 unspecified atom stereocenters. The molecule has 3 aromatic rings. The van der Waals surface area contributed by atoms with Crippen LogP contribution >= 0.6 is 0 Å². The molecule has 0 radical (unpaired) electrons. The number of likely N-dealkylation sites (N-methyl/N-ethyl adjacent to an activating group) is 1. The molecule has 1 amide bonds. The number of rotatable bonds is 1. The monoisotopic (exact) mass is 528 g/mol. The zero-order chi connectivity index (χ0) is 27.5. The molecule has 7 nitrogen and oxygen atoms in total. The van der Waals surface area contributed by atoms with Crippen LogP contribution in [-0.4, -0.2) is 58.7 Å². The fourth-order valence-electron chi connectivity index (χ4n) is 6.83. The number of ether oxygens (including phenoxy) is 1. The summed E-state index contributed by atoms with van der Waals surface area (Å²) in [5.41, 5.74) is 8.04. The van der Waals surface area contributed by atoms with Crippen molar-refractivity contribution in [3.8, 4) is 0 Å². The number of amides is 1. The van der Waals surface area contributed by atoms with Crippen molar-refractivity contribution < 1.29 is 14.0 Å². The van der Waals surface area contributed by atoms with Crippen LogP contribution in [0.25, 0.3) is 16.6 Å². The van der Waals surface area contributed by atoms with E-state index in [0.29, 0.717) is 29.3 Å². The Hall–Kier alpha value is -3.19. The van der Waals surface area contributed by atoms with E-state index in [4.69, 9.17) is 14.7 Å². The third-order valence-electron chi connectivity index (χ3n) is 8.96.